The SMILES string of the molecule is CNC(=O)c1ccc(CN(C)C(=O)CCc2cc(OC)c(OC)c(OC)c2)cc1. The van der Waals surface area contributed by atoms with Crippen LogP contribution in [-0.4, -0.2) is 52.1 Å². The molecule has 0 aliphatic heterocycles. The molecule has 0 radical (unpaired) electrons. The number of hydrogen-bond acceptors (Lipinski definition) is 5. The highest BCUT2D eigenvalue weighted by Gasteiger charge is 2.15. The summed E-state index contributed by atoms with van der Waals surface area (Å²) in [5, 5.41) is 2.59. The molecule has 156 valence electrons. The minimum Gasteiger partial charge on any atom is -0.493 e. The third kappa shape index (κ3) is 5.63. The Balaban J connectivity index is 1.99. The average molecular weight is 400 g/mol. The summed E-state index contributed by atoms with van der Waals surface area (Å²) in [7, 11) is 8.05. The van der Waals surface area contributed by atoms with Gasteiger partial charge in [0.15, 0.2) is 11.5 Å². The number of carbonyl (C=O) groups excluding carboxylic acids is 2. The van der Waals surface area contributed by atoms with Crippen LogP contribution in [0.5, 0.6) is 17.2 Å². The lowest BCUT2D eigenvalue weighted by Gasteiger charge is -2.18. The first-order valence-electron chi connectivity index (χ1n) is 9.27. The van der Waals surface area contributed by atoms with Crippen LogP contribution in [0.3, 0.4) is 0 Å². The van der Waals surface area contributed by atoms with Crippen LogP contribution in [0.4, 0.5) is 0 Å². The number of rotatable bonds is 9. The van der Waals surface area contributed by atoms with Gasteiger partial charge < -0.3 is 24.4 Å². The van der Waals surface area contributed by atoms with E-state index in [1.165, 1.54) is 0 Å². The number of amides is 2. The maximum absolute atomic E-state index is 12.5. The molecule has 0 bridgehead atoms. The highest BCUT2D eigenvalue weighted by Crippen LogP contribution is 2.38. The molecule has 0 saturated heterocycles. The van der Waals surface area contributed by atoms with Crippen molar-refractivity contribution in [2.24, 2.45) is 0 Å². The summed E-state index contributed by atoms with van der Waals surface area (Å²) in [6, 6.07) is 10.9. The number of nitrogens with one attached hydrogen (secondary N) is 1. The number of aryl methyl sites for hydroxylation is 1. The summed E-state index contributed by atoms with van der Waals surface area (Å²) in [5.41, 5.74) is 2.48. The Morgan fingerprint density at radius 3 is 2.00 bits per heavy atom. The van der Waals surface area contributed by atoms with Crippen molar-refractivity contribution < 1.29 is 23.8 Å². The first-order valence-corrected chi connectivity index (χ1v) is 9.27. The van der Waals surface area contributed by atoms with Gasteiger partial charge in [0, 0.05) is 32.6 Å². The van der Waals surface area contributed by atoms with E-state index in [2.05, 4.69) is 5.32 Å². The summed E-state index contributed by atoms with van der Waals surface area (Å²) in [6.45, 7) is 0.474. The molecule has 0 saturated carbocycles. The van der Waals surface area contributed by atoms with Gasteiger partial charge in [-0.3, -0.25) is 9.59 Å². The Bertz CT molecular complexity index is 824. The van der Waals surface area contributed by atoms with Crippen LogP contribution < -0.4 is 19.5 Å². The van der Waals surface area contributed by atoms with E-state index in [0.717, 1.165) is 11.1 Å². The Morgan fingerprint density at radius 2 is 1.52 bits per heavy atom. The molecule has 0 fully saturated rings. The topological polar surface area (TPSA) is 77.1 Å². The molecule has 0 aliphatic rings. The molecule has 7 heteroatoms. The van der Waals surface area contributed by atoms with Gasteiger partial charge in [-0.1, -0.05) is 12.1 Å². The number of nitrogens with zero attached hydrogens (tertiary/aromatic N) is 1. The van der Waals surface area contributed by atoms with Gasteiger partial charge in [0.05, 0.1) is 21.3 Å². The van der Waals surface area contributed by atoms with Crippen LogP contribution in [0, 0.1) is 0 Å². The fourth-order valence-electron chi connectivity index (χ4n) is 2.99. The van der Waals surface area contributed by atoms with E-state index in [9.17, 15) is 9.59 Å². The summed E-state index contributed by atoms with van der Waals surface area (Å²) in [5.74, 6) is 1.56. The Morgan fingerprint density at radius 1 is 0.931 bits per heavy atom. The van der Waals surface area contributed by atoms with Gasteiger partial charge in [0.1, 0.15) is 0 Å². The second-order valence-corrected chi connectivity index (χ2v) is 6.56. The van der Waals surface area contributed by atoms with Gasteiger partial charge in [0.25, 0.3) is 5.91 Å². The molecule has 2 aromatic carbocycles. The maximum Gasteiger partial charge on any atom is 0.251 e. The lowest BCUT2D eigenvalue weighted by atomic mass is 10.1. The number of ether oxygens (including phenoxy) is 3. The van der Waals surface area contributed by atoms with Gasteiger partial charge in [-0.05, 0) is 41.8 Å². The van der Waals surface area contributed by atoms with Crippen molar-refractivity contribution in [2.75, 3.05) is 35.4 Å². The highest BCUT2D eigenvalue weighted by molar-refractivity contribution is 5.93. The Hall–Kier alpha value is -3.22. The van der Waals surface area contributed by atoms with Crippen LogP contribution in [-0.2, 0) is 17.8 Å². The van der Waals surface area contributed by atoms with E-state index in [1.807, 2.05) is 24.3 Å². The van der Waals surface area contributed by atoms with Gasteiger partial charge in [-0.15, -0.1) is 0 Å². The van der Waals surface area contributed by atoms with E-state index in [4.69, 9.17) is 14.2 Å². The summed E-state index contributed by atoms with van der Waals surface area (Å²) < 4.78 is 16.0. The van der Waals surface area contributed by atoms with E-state index in [0.29, 0.717) is 42.2 Å². The molecular weight excluding hydrogens is 372 g/mol. The molecule has 2 rings (SSSR count). The number of carbonyl (C=O) groups is 2. The number of methoxy groups -OCH3 is 3. The van der Waals surface area contributed by atoms with Crippen LogP contribution in [0.25, 0.3) is 0 Å². The largest absolute Gasteiger partial charge is 0.493 e. The molecule has 0 aromatic heterocycles. The van der Waals surface area contributed by atoms with Crippen LogP contribution in [0.15, 0.2) is 36.4 Å². The second kappa shape index (κ2) is 10.4. The molecule has 7 nitrogen and oxygen atoms in total. The molecular formula is C22H28N2O5. The third-order valence-corrected chi connectivity index (χ3v) is 4.64. The van der Waals surface area contributed by atoms with Crippen LogP contribution >= 0.6 is 0 Å². The molecule has 2 amide bonds. The van der Waals surface area contributed by atoms with Crippen LogP contribution in [0.1, 0.15) is 27.9 Å². The average Bonchev–Trinajstić information content (AvgIpc) is 2.76. The summed E-state index contributed by atoms with van der Waals surface area (Å²) in [4.78, 5) is 25.8. The fraction of sp³-hybridized carbons (Fsp3) is 0.364. The van der Waals surface area contributed by atoms with E-state index in [-0.39, 0.29) is 11.8 Å². The predicted octanol–water partition coefficient (Wildman–Crippen LogP) is 2.66. The van der Waals surface area contributed by atoms with Gasteiger partial charge in [0.2, 0.25) is 11.7 Å². The molecule has 0 spiro atoms. The lowest BCUT2D eigenvalue weighted by molar-refractivity contribution is -0.130. The van der Waals surface area contributed by atoms with E-state index in [1.54, 1.807) is 52.5 Å². The smallest absolute Gasteiger partial charge is 0.251 e. The normalized spacial score (nSPS) is 10.2. The standard InChI is InChI=1S/C22H28N2O5/c1-23-22(26)17-9-6-15(7-10-17)14-24(2)20(25)11-8-16-12-18(27-3)21(29-5)19(13-16)28-4/h6-7,9-10,12-13H,8,11,14H2,1-5H3,(H,23,26). The first kappa shape index (κ1) is 22.1. The molecule has 0 aliphatic carbocycles. The van der Waals surface area contributed by atoms with Crippen molar-refractivity contribution in [3.05, 3.63) is 53.1 Å². The predicted molar refractivity (Wildman–Crippen MR) is 111 cm³/mol. The Kier molecular flexibility index (Phi) is 7.88. The fourth-order valence-corrected chi connectivity index (χ4v) is 2.99. The first-order chi connectivity index (χ1) is 13.9. The van der Waals surface area contributed by atoms with Gasteiger partial charge in [-0.2, -0.15) is 0 Å². The molecule has 2 aromatic rings. The molecule has 1 N–H and O–H groups in total. The van der Waals surface area contributed by atoms with Crippen molar-refractivity contribution in [3.8, 4) is 17.2 Å². The Labute approximate surface area is 171 Å². The minimum atomic E-state index is -0.133. The van der Waals surface area contributed by atoms with Crippen molar-refractivity contribution in [1.29, 1.82) is 0 Å². The number of benzene rings is 2. The summed E-state index contributed by atoms with van der Waals surface area (Å²) in [6.07, 6.45) is 0.904. The van der Waals surface area contributed by atoms with E-state index >= 15 is 0 Å². The monoisotopic (exact) mass is 400 g/mol. The third-order valence-electron chi connectivity index (χ3n) is 4.64. The molecule has 0 atom stereocenters. The lowest BCUT2D eigenvalue weighted by Crippen LogP contribution is -2.26. The zero-order valence-electron chi connectivity index (χ0n) is 17.6. The quantitative estimate of drug-likeness (QED) is 0.700. The van der Waals surface area contributed by atoms with E-state index < -0.39 is 0 Å². The van der Waals surface area contributed by atoms with Crippen molar-refractivity contribution in [1.82, 2.24) is 10.2 Å². The van der Waals surface area contributed by atoms with Gasteiger partial charge >= 0.3 is 0 Å². The molecule has 29 heavy (non-hydrogen) atoms. The van der Waals surface area contributed by atoms with Crippen molar-refractivity contribution in [3.63, 3.8) is 0 Å². The zero-order valence-corrected chi connectivity index (χ0v) is 17.6. The van der Waals surface area contributed by atoms with Crippen molar-refractivity contribution in [2.45, 2.75) is 19.4 Å². The maximum atomic E-state index is 12.5. The zero-order chi connectivity index (χ0) is 21.4. The molecule has 0 heterocycles. The minimum absolute atomic E-state index is 0.0223. The summed E-state index contributed by atoms with van der Waals surface area (Å²) >= 11 is 0. The highest BCUT2D eigenvalue weighted by atomic mass is 16.5. The second-order valence-electron chi connectivity index (χ2n) is 6.56. The van der Waals surface area contributed by atoms with Crippen LogP contribution in [0.2, 0.25) is 0 Å². The molecule has 0 unspecified atom stereocenters. The van der Waals surface area contributed by atoms with Crippen molar-refractivity contribution >= 4 is 11.8 Å². The van der Waals surface area contributed by atoms with Gasteiger partial charge in [-0.25, -0.2) is 0 Å². The number of hydrogen-bond donors (Lipinski definition) is 1.